The summed E-state index contributed by atoms with van der Waals surface area (Å²) in [6.45, 7) is 3.14. The zero-order chi connectivity index (χ0) is 21.2. The van der Waals surface area contributed by atoms with Crippen LogP contribution in [-0.4, -0.2) is 46.9 Å². The third kappa shape index (κ3) is 3.35. The Morgan fingerprint density at radius 1 is 0.903 bits per heavy atom. The number of aliphatic imine (C=N–C) groups is 1. The molecular formula is C23H17N7O. The Labute approximate surface area is 179 Å². The van der Waals surface area contributed by atoms with Crippen LogP contribution in [0.5, 0.6) is 0 Å². The zero-order valence-corrected chi connectivity index (χ0v) is 16.6. The molecular weight excluding hydrogens is 390 g/mol. The van der Waals surface area contributed by atoms with Crippen molar-refractivity contribution in [1.29, 1.82) is 10.5 Å². The van der Waals surface area contributed by atoms with Gasteiger partial charge in [-0.15, -0.1) is 5.10 Å². The van der Waals surface area contributed by atoms with Crippen molar-refractivity contribution in [2.75, 3.05) is 31.2 Å². The number of hydrogen-bond acceptors (Lipinski definition) is 7. The number of nitrogens with zero attached hydrogens (tertiary/aromatic N) is 7. The highest BCUT2D eigenvalue weighted by atomic mass is 16.5. The first-order valence-electron chi connectivity index (χ1n) is 9.88. The number of nitriles is 2. The Hall–Kier alpha value is -4.27. The molecule has 1 saturated heterocycles. The van der Waals surface area contributed by atoms with Gasteiger partial charge in [-0.05, 0) is 24.3 Å². The predicted octanol–water partition coefficient (Wildman–Crippen LogP) is 3.17. The van der Waals surface area contributed by atoms with Gasteiger partial charge >= 0.3 is 0 Å². The molecule has 2 aliphatic rings. The van der Waals surface area contributed by atoms with Crippen molar-refractivity contribution in [2.45, 2.75) is 0 Å². The van der Waals surface area contributed by atoms with Crippen molar-refractivity contribution < 1.29 is 4.74 Å². The third-order valence-corrected chi connectivity index (χ3v) is 5.22. The van der Waals surface area contributed by atoms with Crippen LogP contribution in [-0.2, 0) is 4.74 Å². The van der Waals surface area contributed by atoms with E-state index in [0.29, 0.717) is 23.2 Å². The molecule has 31 heavy (non-hydrogen) atoms. The highest BCUT2D eigenvalue weighted by Crippen LogP contribution is 2.30. The number of rotatable bonds is 3. The van der Waals surface area contributed by atoms with Crippen LogP contribution in [0.25, 0.3) is 17.0 Å². The van der Waals surface area contributed by atoms with E-state index < -0.39 is 0 Å². The quantitative estimate of drug-likeness (QED) is 0.661. The van der Waals surface area contributed by atoms with E-state index in [1.165, 1.54) is 4.68 Å². The van der Waals surface area contributed by atoms with Crippen LogP contribution in [0.3, 0.4) is 0 Å². The van der Waals surface area contributed by atoms with Crippen molar-refractivity contribution in [1.82, 2.24) is 14.8 Å². The molecule has 1 aromatic heterocycles. The monoisotopic (exact) mass is 407 g/mol. The smallest absolute Gasteiger partial charge is 0.182 e. The van der Waals surface area contributed by atoms with Gasteiger partial charge in [0, 0.05) is 24.3 Å². The topological polar surface area (TPSA) is 103 Å². The lowest BCUT2D eigenvalue weighted by molar-refractivity contribution is 0.122. The summed E-state index contributed by atoms with van der Waals surface area (Å²) < 4.78 is 6.89. The van der Waals surface area contributed by atoms with Crippen molar-refractivity contribution in [3.8, 4) is 23.5 Å². The summed E-state index contributed by atoms with van der Waals surface area (Å²) in [6.07, 6.45) is 0. The molecule has 3 aromatic rings. The van der Waals surface area contributed by atoms with Crippen LogP contribution >= 0.6 is 0 Å². The van der Waals surface area contributed by atoms with E-state index in [1.54, 1.807) is 0 Å². The Bertz CT molecular complexity index is 1270. The van der Waals surface area contributed by atoms with E-state index in [-0.39, 0.29) is 11.1 Å². The van der Waals surface area contributed by atoms with E-state index in [0.717, 1.165) is 37.6 Å². The number of morpholine rings is 1. The van der Waals surface area contributed by atoms with Crippen LogP contribution in [0.15, 0.2) is 65.2 Å². The summed E-state index contributed by atoms with van der Waals surface area (Å²) in [5, 5.41) is 23.9. The molecule has 2 aliphatic heterocycles. The van der Waals surface area contributed by atoms with Crippen molar-refractivity contribution in [3.05, 3.63) is 66.0 Å². The summed E-state index contributed by atoms with van der Waals surface area (Å²) in [5.41, 5.74) is 2.95. The summed E-state index contributed by atoms with van der Waals surface area (Å²) in [4.78, 5) is 11.4. The number of hydrogen-bond donors (Lipinski definition) is 0. The van der Waals surface area contributed by atoms with Gasteiger partial charge in [0.15, 0.2) is 17.5 Å². The maximum absolute atomic E-state index is 9.68. The summed E-state index contributed by atoms with van der Waals surface area (Å²) in [7, 11) is 0. The molecule has 0 aliphatic carbocycles. The number of anilines is 1. The highest BCUT2D eigenvalue weighted by molar-refractivity contribution is 6.16. The Balaban J connectivity index is 1.54. The number of allylic oxidation sites excluding steroid dienone is 2. The second-order valence-electron chi connectivity index (χ2n) is 7.06. The largest absolute Gasteiger partial charge is 0.378 e. The van der Waals surface area contributed by atoms with E-state index >= 15 is 0 Å². The van der Waals surface area contributed by atoms with Gasteiger partial charge in [-0.2, -0.15) is 15.2 Å². The van der Waals surface area contributed by atoms with Crippen molar-refractivity contribution in [2.24, 2.45) is 4.99 Å². The van der Waals surface area contributed by atoms with Gasteiger partial charge in [-0.1, -0.05) is 30.3 Å². The maximum atomic E-state index is 9.68. The fourth-order valence-electron chi connectivity index (χ4n) is 3.66. The first-order valence-corrected chi connectivity index (χ1v) is 9.88. The molecule has 3 heterocycles. The fraction of sp³-hybridized carbons (Fsp3) is 0.174. The van der Waals surface area contributed by atoms with E-state index in [4.69, 9.17) is 4.74 Å². The first kappa shape index (κ1) is 18.7. The van der Waals surface area contributed by atoms with Crippen LogP contribution in [0, 0.1) is 22.7 Å². The highest BCUT2D eigenvalue weighted by Gasteiger charge is 2.32. The molecule has 0 spiro atoms. The van der Waals surface area contributed by atoms with E-state index in [9.17, 15) is 10.5 Å². The number of aromatic nitrogens is 3. The minimum Gasteiger partial charge on any atom is -0.378 e. The fourth-order valence-corrected chi connectivity index (χ4v) is 3.66. The molecule has 0 N–H and O–H groups in total. The Morgan fingerprint density at radius 3 is 2.29 bits per heavy atom. The average Bonchev–Trinajstić information content (AvgIpc) is 3.38. The average molecular weight is 407 g/mol. The molecule has 0 radical (unpaired) electrons. The lowest BCUT2D eigenvalue weighted by Crippen LogP contribution is -2.36. The molecule has 2 aromatic carbocycles. The number of ether oxygens (including phenoxy) is 1. The predicted molar refractivity (Wildman–Crippen MR) is 116 cm³/mol. The van der Waals surface area contributed by atoms with Crippen LogP contribution < -0.4 is 4.90 Å². The van der Waals surface area contributed by atoms with Gasteiger partial charge < -0.3 is 9.64 Å². The Kier molecular flexibility index (Phi) is 4.75. The lowest BCUT2D eigenvalue weighted by atomic mass is 10.1. The van der Waals surface area contributed by atoms with E-state index in [1.807, 2.05) is 54.6 Å². The summed E-state index contributed by atoms with van der Waals surface area (Å²) in [6, 6.07) is 21.5. The zero-order valence-electron chi connectivity index (χ0n) is 16.6. The van der Waals surface area contributed by atoms with Crippen molar-refractivity contribution >= 4 is 22.8 Å². The second kappa shape index (κ2) is 7.86. The number of fused-ring (bicyclic) bond motifs is 1. The SMILES string of the molecule is N#CC1=C(C#N)c2nc(-c3ccccc3)nn2C1=Nc1ccc(N2CCOCC2)cc1. The van der Waals surface area contributed by atoms with E-state index in [2.05, 4.69) is 32.1 Å². The minimum atomic E-state index is 0.175. The lowest BCUT2D eigenvalue weighted by Gasteiger charge is -2.28. The molecule has 0 amide bonds. The van der Waals surface area contributed by atoms with Gasteiger partial charge in [0.25, 0.3) is 0 Å². The van der Waals surface area contributed by atoms with Gasteiger partial charge in [-0.3, -0.25) is 0 Å². The van der Waals surface area contributed by atoms with Gasteiger partial charge in [0.1, 0.15) is 23.3 Å². The molecule has 1 fully saturated rings. The first-order chi connectivity index (χ1) is 15.3. The summed E-state index contributed by atoms with van der Waals surface area (Å²) >= 11 is 0. The molecule has 0 atom stereocenters. The Morgan fingerprint density at radius 2 is 1.61 bits per heavy atom. The minimum absolute atomic E-state index is 0.175. The number of benzene rings is 2. The van der Waals surface area contributed by atoms with Crippen LogP contribution in [0.2, 0.25) is 0 Å². The van der Waals surface area contributed by atoms with Crippen LogP contribution in [0.4, 0.5) is 11.4 Å². The third-order valence-electron chi connectivity index (χ3n) is 5.22. The van der Waals surface area contributed by atoms with Crippen LogP contribution in [0.1, 0.15) is 5.82 Å². The van der Waals surface area contributed by atoms with Gasteiger partial charge in [-0.25, -0.2) is 9.98 Å². The molecule has 0 bridgehead atoms. The molecule has 150 valence electrons. The van der Waals surface area contributed by atoms with Gasteiger partial charge in [0.05, 0.1) is 18.9 Å². The molecule has 0 saturated carbocycles. The molecule has 0 unspecified atom stereocenters. The summed E-state index contributed by atoms with van der Waals surface area (Å²) in [5.74, 6) is 1.13. The van der Waals surface area contributed by atoms with Gasteiger partial charge in [0.2, 0.25) is 0 Å². The second-order valence-corrected chi connectivity index (χ2v) is 7.06. The molecule has 8 heteroatoms. The normalized spacial score (nSPS) is 16.8. The van der Waals surface area contributed by atoms with Crippen molar-refractivity contribution in [3.63, 3.8) is 0 Å². The molecule has 8 nitrogen and oxygen atoms in total. The standard InChI is InChI=1S/C23H17N7O/c24-14-19-20(15-25)23-27-21(16-4-2-1-3-5-16)28-30(23)22(19)26-17-6-8-18(9-7-17)29-10-12-31-13-11-29/h1-9H,10-13H2. The maximum Gasteiger partial charge on any atom is 0.182 e. The molecule has 5 rings (SSSR count).